The van der Waals surface area contributed by atoms with Gasteiger partial charge in [-0.2, -0.15) is 5.10 Å². The Hall–Kier alpha value is -1.43. The van der Waals surface area contributed by atoms with Crippen LogP contribution in [0.15, 0.2) is 12.7 Å². The van der Waals surface area contributed by atoms with Crippen LogP contribution in [0.3, 0.4) is 0 Å². The summed E-state index contributed by atoms with van der Waals surface area (Å²) in [5.41, 5.74) is 5.68. The molecule has 2 heterocycles. The van der Waals surface area contributed by atoms with Crippen LogP contribution < -0.4 is 5.73 Å². The van der Waals surface area contributed by atoms with Crippen molar-refractivity contribution in [3.05, 3.63) is 12.7 Å². The van der Waals surface area contributed by atoms with Crippen molar-refractivity contribution in [3.8, 4) is 0 Å². The van der Waals surface area contributed by atoms with E-state index >= 15 is 0 Å². The minimum absolute atomic E-state index is 0.0983. The zero-order valence-electron chi connectivity index (χ0n) is 10.1. The van der Waals surface area contributed by atoms with Crippen LogP contribution in [0.4, 0.5) is 0 Å². The highest BCUT2D eigenvalue weighted by molar-refractivity contribution is 5.76. The average molecular weight is 237 g/mol. The number of hydrogen-bond acceptors (Lipinski definition) is 4. The summed E-state index contributed by atoms with van der Waals surface area (Å²) < 4.78 is 1.56. The van der Waals surface area contributed by atoms with Gasteiger partial charge in [0, 0.05) is 12.6 Å². The standard InChI is InChI=1S/C11H19N5O/c1-9-2-3-10(4-12)5-16(9)11(17)6-15-8-13-7-14-15/h7-10H,2-6,12H2,1H3. The summed E-state index contributed by atoms with van der Waals surface area (Å²) in [4.78, 5) is 17.9. The summed E-state index contributed by atoms with van der Waals surface area (Å²) in [7, 11) is 0. The SMILES string of the molecule is CC1CCC(CN)CN1C(=O)Cn1cncn1. The van der Waals surface area contributed by atoms with Crippen molar-refractivity contribution < 1.29 is 4.79 Å². The number of carbonyl (C=O) groups excluding carboxylic acids is 1. The predicted octanol–water partition coefficient (Wildman–Crippen LogP) is -0.136. The van der Waals surface area contributed by atoms with Crippen LogP contribution in [0.5, 0.6) is 0 Å². The number of likely N-dealkylation sites (tertiary alicyclic amines) is 1. The molecule has 1 aliphatic rings. The van der Waals surface area contributed by atoms with Crippen molar-refractivity contribution in [1.29, 1.82) is 0 Å². The number of amides is 1. The Labute approximate surface area is 101 Å². The fourth-order valence-corrected chi connectivity index (χ4v) is 2.27. The third kappa shape index (κ3) is 2.82. The maximum absolute atomic E-state index is 12.1. The molecule has 0 aliphatic carbocycles. The first kappa shape index (κ1) is 12.0. The Morgan fingerprint density at radius 1 is 1.53 bits per heavy atom. The van der Waals surface area contributed by atoms with E-state index in [0.717, 1.165) is 19.4 Å². The molecule has 6 nitrogen and oxygen atoms in total. The van der Waals surface area contributed by atoms with Crippen LogP contribution in [0.2, 0.25) is 0 Å². The Morgan fingerprint density at radius 3 is 3.00 bits per heavy atom. The van der Waals surface area contributed by atoms with Gasteiger partial charge in [-0.3, -0.25) is 4.79 Å². The quantitative estimate of drug-likeness (QED) is 0.794. The van der Waals surface area contributed by atoms with Crippen LogP contribution in [-0.4, -0.2) is 44.7 Å². The molecule has 2 unspecified atom stereocenters. The lowest BCUT2D eigenvalue weighted by molar-refractivity contribution is -0.136. The fraction of sp³-hybridized carbons (Fsp3) is 0.727. The van der Waals surface area contributed by atoms with Crippen molar-refractivity contribution in [3.63, 3.8) is 0 Å². The van der Waals surface area contributed by atoms with Gasteiger partial charge in [0.15, 0.2) is 0 Å². The molecule has 1 aliphatic heterocycles. The highest BCUT2D eigenvalue weighted by Crippen LogP contribution is 2.21. The van der Waals surface area contributed by atoms with Gasteiger partial charge in [0.25, 0.3) is 0 Å². The first-order valence-corrected chi connectivity index (χ1v) is 6.02. The van der Waals surface area contributed by atoms with Gasteiger partial charge in [-0.25, -0.2) is 9.67 Å². The molecule has 2 N–H and O–H groups in total. The first-order chi connectivity index (χ1) is 8.20. The lowest BCUT2D eigenvalue weighted by Gasteiger charge is -2.37. The van der Waals surface area contributed by atoms with E-state index in [-0.39, 0.29) is 12.5 Å². The second-order valence-corrected chi connectivity index (χ2v) is 4.67. The summed E-state index contributed by atoms with van der Waals surface area (Å²) in [6.45, 7) is 3.78. The number of nitrogens with zero attached hydrogens (tertiary/aromatic N) is 4. The number of rotatable bonds is 3. The van der Waals surface area contributed by atoms with Crippen LogP contribution in [0.25, 0.3) is 0 Å². The Bertz CT molecular complexity index is 364. The summed E-state index contributed by atoms with van der Waals surface area (Å²) >= 11 is 0. The summed E-state index contributed by atoms with van der Waals surface area (Å²) in [5, 5.41) is 3.95. The van der Waals surface area contributed by atoms with E-state index in [1.54, 1.807) is 11.0 Å². The molecule has 0 bridgehead atoms. The van der Waals surface area contributed by atoms with E-state index in [2.05, 4.69) is 17.0 Å². The Morgan fingerprint density at radius 2 is 2.35 bits per heavy atom. The predicted molar refractivity (Wildman–Crippen MR) is 63.0 cm³/mol. The van der Waals surface area contributed by atoms with E-state index in [4.69, 9.17) is 5.73 Å². The number of piperidine rings is 1. The van der Waals surface area contributed by atoms with Gasteiger partial charge in [0.2, 0.25) is 5.91 Å². The van der Waals surface area contributed by atoms with Crippen molar-refractivity contribution in [2.75, 3.05) is 13.1 Å². The topological polar surface area (TPSA) is 77.0 Å². The lowest BCUT2D eigenvalue weighted by atomic mass is 9.93. The summed E-state index contributed by atoms with van der Waals surface area (Å²) in [6, 6.07) is 0.300. The molecule has 6 heteroatoms. The molecule has 1 aromatic rings. The van der Waals surface area contributed by atoms with Gasteiger partial charge in [0.1, 0.15) is 19.2 Å². The summed E-state index contributed by atoms with van der Waals surface area (Å²) in [5.74, 6) is 0.534. The van der Waals surface area contributed by atoms with Crippen LogP contribution in [0.1, 0.15) is 19.8 Å². The molecule has 1 saturated heterocycles. The van der Waals surface area contributed by atoms with Crippen molar-refractivity contribution in [1.82, 2.24) is 19.7 Å². The average Bonchev–Trinajstić information content (AvgIpc) is 2.82. The van der Waals surface area contributed by atoms with Gasteiger partial charge in [-0.1, -0.05) is 0 Å². The normalized spacial score (nSPS) is 24.9. The third-order valence-corrected chi connectivity index (χ3v) is 3.40. The zero-order chi connectivity index (χ0) is 12.3. The molecule has 1 aromatic heterocycles. The van der Waals surface area contributed by atoms with Crippen LogP contribution in [0, 0.1) is 5.92 Å². The highest BCUT2D eigenvalue weighted by Gasteiger charge is 2.28. The van der Waals surface area contributed by atoms with E-state index in [9.17, 15) is 4.79 Å². The molecule has 0 radical (unpaired) electrons. The zero-order valence-corrected chi connectivity index (χ0v) is 10.1. The molecular formula is C11H19N5O. The lowest BCUT2D eigenvalue weighted by Crippen LogP contribution is -2.48. The van der Waals surface area contributed by atoms with E-state index in [1.807, 2.05) is 4.90 Å². The Balaban J connectivity index is 1.97. The maximum atomic E-state index is 12.1. The van der Waals surface area contributed by atoms with Gasteiger partial charge >= 0.3 is 0 Å². The summed E-state index contributed by atoms with van der Waals surface area (Å²) in [6.07, 6.45) is 5.15. The molecule has 1 amide bonds. The van der Waals surface area contributed by atoms with E-state index in [0.29, 0.717) is 18.5 Å². The van der Waals surface area contributed by atoms with Crippen molar-refractivity contribution >= 4 is 5.91 Å². The molecule has 0 saturated carbocycles. The van der Waals surface area contributed by atoms with E-state index < -0.39 is 0 Å². The number of aromatic nitrogens is 3. The van der Waals surface area contributed by atoms with Crippen LogP contribution in [-0.2, 0) is 11.3 Å². The molecular weight excluding hydrogens is 218 g/mol. The van der Waals surface area contributed by atoms with Crippen molar-refractivity contribution in [2.24, 2.45) is 11.7 Å². The van der Waals surface area contributed by atoms with Crippen LogP contribution >= 0.6 is 0 Å². The molecule has 17 heavy (non-hydrogen) atoms. The number of nitrogens with two attached hydrogens (primary N) is 1. The molecule has 0 spiro atoms. The second kappa shape index (κ2) is 5.27. The van der Waals surface area contributed by atoms with Crippen molar-refractivity contribution in [2.45, 2.75) is 32.4 Å². The smallest absolute Gasteiger partial charge is 0.244 e. The largest absolute Gasteiger partial charge is 0.338 e. The van der Waals surface area contributed by atoms with Gasteiger partial charge in [-0.05, 0) is 32.2 Å². The second-order valence-electron chi connectivity index (χ2n) is 4.67. The minimum atomic E-state index is 0.0983. The van der Waals surface area contributed by atoms with Gasteiger partial charge in [0.05, 0.1) is 0 Å². The minimum Gasteiger partial charge on any atom is -0.338 e. The molecule has 1 fully saturated rings. The van der Waals surface area contributed by atoms with Gasteiger partial charge < -0.3 is 10.6 Å². The van der Waals surface area contributed by atoms with E-state index in [1.165, 1.54) is 6.33 Å². The molecule has 94 valence electrons. The fourth-order valence-electron chi connectivity index (χ4n) is 2.27. The molecule has 2 rings (SSSR count). The maximum Gasteiger partial charge on any atom is 0.244 e. The highest BCUT2D eigenvalue weighted by atomic mass is 16.2. The monoisotopic (exact) mass is 237 g/mol. The van der Waals surface area contributed by atoms with Gasteiger partial charge in [-0.15, -0.1) is 0 Å². The molecule has 2 atom stereocenters. The number of hydrogen-bond donors (Lipinski definition) is 1. The molecule has 0 aromatic carbocycles. The Kier molecular flexibility index (Phi) is 3.73. The first-order valence-electron chi connectivity index (χ1n) is 6.02. The number of carbonyl (C=O) groups is 1. The third-order valence-electron chi connectivity index (χ3n) is 3.40.